The lowest BCUT2D eigenvalue weighted by Crippen LogP contribution is -2.08. The topological polar surface area (TPSA) is 37.3 Å². The molecule has 0 radical (unpaired) electrons. The molecule has 42 heavy (non-hydrogen) atoms. The molecule has 0 heterocycles. The number of aliphatic carboxylic acids is 1. The van der Waals surface area contributed by atoms with Crippen LogP contribution in [0, 0.1) is 11.8 Å². The van der Waals surface area contributed by atoms with Crippen LogP contribution < -0.4 is 0 Å². The Balaban J connectivity index is 0.000000535. The Kier molecular flexibility index (Phi) is 34.5. The first-order valence-corrected chi connectivity index (χ1v) is 19.8. The van der Waals surface area contributed by atoms with E-state index in [1.165, 1.54) is 199 Å². The van der Waals surface area contributed by atoms with E-state index in [2.05, 4.69) is 13.8 Å². The molecule has 3 aliphatic carbocycles. The third kappa shape index (κ3) is 35.7. The molecule has 3 aliphatic rings. The molecule has 1 unspecified atom stereocenters. The predicted octanol–water partition coefficient (Wildman–Crippen LogP) is 14.6. The molecule has 1 N–H and O–H groups in total. The van der Waals surface area contributed by atoms with Crippen LogP contribution in [-0.2, 0) is 4.79 Å². The van der Waals surface area contributed by atoms with Gasteiger partial charge in [0.05, 0.1) is 5.92 Å². The highest BCUT2D eigenvalue weighted by Crippen LogP contribution is 2.18. The van der Waals surface area contributed by atoms with Gasteiger partial charge in [-0.2, -0.15) is 0 Å². The van der Waals surface area contributed by atoms with Crippen LogP contribution >= 0.6 is 0 Å². The van der Waals surface area contributed by atoms with Crippen LogP contribution in [0.5, 0.6) is 0 Å². The van der Waals surface area contributed by atoms with Crippen LogP contribution in [0.15, 0.2) is 0 Å². The Bertz CT molecular complexity index is 367. The van der Waals surface area contributed by atoms with Crippen molar-refractivity contribution < 1.29 is 9.90 Å². The van der Waals surface area contributed by atoms with E-state index in [0.29, 0.717) is 0 Å². The number of hydrogen-bond acceptors (Lipinski definition) is 1. The maximum absolute atomic E-state index is 10.4. The summed E-state index contributed by atoms with van der Waals surface area (Å²) < 4.78 is 0. The molecule has 0 saturated heterocycles. The molecule has 252 valence electrons. The van der Waals surface area contributed by atoms with Gasteiger partial charge in [-0.15, -0.1) is 0 Å². The molecule has 3 saturated carbocycles. The fourth-order valence-electron chi connectivity index (χ4n) is 6.43. The van der Waals surface area contributed by atoms with Crippen LogP contribution in [0.1, 0.15) is 239 Å². The fourth-order valence-corrected chi connectivity index (χ4v) is 6.43. The summed E-state index contributed by atoms with van der Waals surface area (Å²) in [5.74, 6) is -0.0955. The normalized spacial score (nSPS) is 21.0. The Labute approximate surface area is 266 Å². The van der Waals surface area contributed by atoms with Crippen molar-refractivity contribution in [2.45, 2.75) is 239 Å². The summed E-state index contributed by atoms with van der Waals surface area (Å²) in [4.78, 5) is 10.4. The number of unbranched alkanes of at least 4 members (excludes halogenated alkanes) is 1. The molecule has 0 amide bonds. The molecule has 2 nitrogen and oxygen atoms in total. The van der Waals surface area contributed by atoms with E-state index >= 15 is 0 Å². The van der Waals surface area contributed by atoms with Gasteiger partial charge in [0, 0.05) is 0 Å². The summed E-state index contributed by atoms with van der Waals surface area (Å²) in [5.41, 5.74) is 0. The molecule has 0 bridgehead atoms. The number of carbonyl (C=O) groups is 1. The highest BCUT2D eigenvalue weighted by molar-refractivity contribution is 5.69. The van der Waals surface area contributed by atoms with E-state index < -0.39 is 5.97 Å². The van der Waals surface area contributed by atoms with E-state index in [1.807, 2.05) is 0 Å². The molecule has 1 atom stereocenters. The first kappa shape index (κ1) is 41.5. The van der Waals surface area contributed by atoms with Gasteiger partial charge in [-0.05, 0) is 12.3 Å². The van der Waals surface area contributed by atoms with Gasteiger partial charge in [-0.1, -0.05) is 233 Å². The van der Waals surface area contributed by atoms with Crippen molar-refractivity contribution in [1.82, 2.24) is 0 Å². The maximum atomic E-state index is 10.4. The van der Waals surface area contributed by atoms with Crippen molar-refractivity contribution in [3.05, 3.63) is 0 Å². The van der Waals surface area contributed by atoms with Gasteiger partial charge in [0.1, 0.15) is 0 Å². The van der Waals surface area contributed by atoms with Crippen LogP contribution in [-0.4, -0.2) is 11.1 Å². The Morgan fingerprint density at radius 2 is 0.548 bits per heavy atom. The van der Waals surface area contributed by atoms with Crippen LogP contribution in [0.25, 0.3) is 0 Å². The second kappa shape index (κ2) is 35.0. The number of rotatable bonds is 6. The zero-order valence-corrected chi connectivity index (χ0v) is 29.6. The average Bonchev–Trinajstić information content (AvgIpc) is 3.01. The summed E-state index contributed by atoms with van der Waals surface area (Å²) >= 11 is 0. The summed E-state index contributed by atoms with van der Waals surface area (Å²) in [6.45, 7) is 6.17. The number of carboxylic acid groups (broad SMARTS) is 1. The molecule has 0 aromatic carbocycles. The molecule has 0 aromatic heterocycles. The maximum Gasteiger partial charge on any atom is 0.306 e. The quantitative estimate of drug-likeness (QED) is 0.311. The predicted molar refractivity (Wildman–Crippen MR) is 189 cm³/mol. The smallest absolute Gasteiger partial charge is 0.306 e. The van der Waals surface area contributed by atoms with Crippen molar-refractivity contribution in [3.8, 4) is 0 Å². The summed E-state index contributed by atoms with van der Waals surface area (Å²) in [6.07, 6.45) is 49.2. The molecule has 0 aliphatic heterocycles. The van der Waals surface area contributed by atoms with Gasteiger partial charge >= 0.3 is 5.97 Å². The minimum Gasteiger partial charge on any atom is -0.481 e. The lowest BCUT2D eigenvalue weighted by molar-refractivity contribution is -0.141. The van der Waals surface area contributed by atoms with Crippen molar-refractivity contribution in [2.75, 3.05) is 0 Å². The highest BCUT2D eigenvalue weighted by Gasteiger charge is 2.09. The lowest BCUT2D eigenvalue weighted by atomic mass is 10.0. The number of carboxylic acids is 1. The third-order valence-electron chi connectivity index (χ3n) is 9.59. The molecular weight excluding hydrogens is 512 g/mol. The van der Waals surface area contributed by atoms with E-state index in [4.69, 9.17) is 5.11 Å². The summed E-state index contributed by atoms with van der Waals surface area (Å²) in [6, 6.07) is 0. The monoisotopic (exact) mass is 593 g/mol. The Morgan fingerprint density at radius 1 is 0.381 bits per heavy atom. The minimum atomic E-state index is -0.667. The largest absolute Gasteiger partial charge is 0.481 e. The van der Waals surface area contributed by atoms with E-state index in [1.54, 1.807) is 6.92 Å². The zero-order valence-electron chi connectivity index (χ0n) is 29.6. The molecular formula is C40H80O2. The third-order valence-corrected chi connectivity index (χ3v) is 9.59. The van der Waals surface area contributed by atoms with Gasteiger partial charge < -0.3 is 5.11 Å². The van der Waals surface area contributed by atoms with Crippen LogP contribution in [0.2, 0.25) is 0 Å². The Hall–Kier alpha value is -0.530. The zero-order chi connectivity index (χ0) is 30.8. The van der Waals surface area contributed by atoms with Gasteiger partial charge in [0.15, 0.2) is 0 Å². The molecule has 2 heteroatoms. The SMILES string of the molecule is C1CCCCCCCCC1.C1CCCCCCCCC1.C1CCCCCCCCC1.CC(C)CCCCC(C)C(=O)O. The number of hydrogen-bond donors (Lipinski definition) is 1. The van der Waals surface area contributed by atoms with Crippen molar-refractivity contribution >= 4 is 5.97 Å². The van der Waals surface area contributed by atoms with E-state index in [9.17, 15) is 4.79 Å². The Morgan fingerprint density at radius 3 is 0.690 bits per heavy atom. The molecule has 3 fully saturated rings. The highest BCUT2D eigenvalue weighted by atomic mass is 16.4. The van der Waals surface area contributed by atoms with Gasteiger partial charge in [-0.25, -0.2) is 0 Å². The first-order valence-electron chi connectivity index (χ1n) is 19.8. The van der Waals surface area contributed by atoms with Crippen molar-refractivity contribution in [3.63, 3.8) is 0 Å². The van der Waals surface area contributed by atoms with E-state index in [-0.39, 0.29) is 5.92 Å². The molecule has 3 rings (SSSR count). The van der Waals surface area contributed by atoms with Crippen molar-refractivity contribution in [1.29, 1.82) is 0 Å². The van der Waals surface area contributed by atoms with Gasteiger partial charge in [0.25, 0.3) is 0 Å². The standard InChI is InChI=1S/C10H20O2.3C10H20/c1-8(2)6-4-5-7-9(3)10(11)12;3*1-2-4-6-8-10-9-7-5-3-1/h8-9H,4-7H2,1-3H3,(H,11,12);3*1-10H2. The van der Waals surface area contributed by atoms with E-state index in [0.717, 1.165) is 25.2 Å². The molecule has 0 spiro atoms. The second-order valence-corrected chi connectivity index (χ2v) is 14.5. The van der Waals surface area contributed by atoms with Crippen LogP contribution in [0.3, 0.4) is 0 Å². The minimum absolute atomic E-state index is 0.169. The lowest BCUT2D eigenvalue weighted by Gasteiger charge is -2.06. The van der Waals surface area contributed by atoms with Crippen molar-refractivity contribution in [2.24, 2.45) is 11.8 Å². The van der Waals surface area contributed by atoms with Gasteiger partial charge in [-0.3, -0.25) is 4.79 Å². The fraction of sp³-hybridized carbons (Fsp3) is 0.975. The first-order chi connectivity index (χ1) is 20.5. The van der Waals surface area contributed by atoms with Crippen LogP contribution in [0.4, 0.5) is 0 Å². The summed E-state index contributed by atoms with van der Waals surface area (Å²) in [7, 11) is 0. The molecule has 0 aromatic rings. The average molecular weight is 593 g/mol. The summed E-state index contributed by atoms with van der Waals surface area (Å²) in [5, 5.41) is 8.59. The second-order valence-electron chi connectivity index (χ2n) is 14.5. The van der Waals surface area contributed by atoms with Gasteiger partial charge in [0.2, 0.25) is 0 Å².